The van der Waals surface area contributed by atoms with Crippen molar-refractivity contribution in [1.82, 2.24) is 9.47 Å². The van der Waals surface area contributed by atoms with Gasteiger partial charge in [0.15, 0.2) is 0 Å². The minimum Gasteiger partial charge on any atom is -0.481 e. The Balaban J connectivity index is 1.55. The molecular formula is C18H20N2O4. The monoisotopic (exact) mass is 328 g/mol. The predicted molar refractivity (Wildman–Crippen MR) is 88.7 cm³/mol. The molecule has 2 heterocycles. The van der Waals surface area contributed by atoms with Crippen molar-refractivity contribution in [1.29, 1.82) is 0 Å². The van der Waals surface area contributed by atoms with Crippen LogP contribution in [0.15, 0.2) is 36.5 Å². The van der Waals surface area contributed by atoms with Gasteiger partial charge in [0, 0.05) is 37.5 Å². The Morgan fingerprint density at radius 2 is 1.67 bits per heavy atom. The first-order valence-electron chi connectivity index (χ1n) is 8.16. The van der Waals surface area contributed by atoms with Crippen molar-refractivity contribution in [3.63, 3.8) is 0 Å². The summed E-state index contributed by atoms with van der Waals surface area (Å²) in [5, 5.41) is 9.97. The largest absolute Gasteiger partial charge is 0.481 e. The maximum absolute atomic E-state index is 12.4. The lowest BCUT2D eigenvalue weighted by Crippen LogP contribution is -2.40. The molecule has 0 unspecified atom stereocenters. The van der Waals surface area contributed by atoms with Gasteiger partial charge in [-0.25, -0.2) is 0 Å². The molecule has 1 aliphatic heterocycles. The molecule has 0 atom stereocenters. The number of carbonyl (C=O) groups is 3. The predicted octanol–water partition coefficient (Wildman–Crippen LogP) is 2.38. The molecule has 1 saturated heterocycles. The van der Waals surface area contributed by atoms with Crippen LogP contribution in [0.4, 0.5) is 0 Å². The summed E-state index contributed by atoms with van der Waals surface area (Å²) in [6, 6.07) is 9.50. The van der Waals surface area contributed by atoms with Crippen LogP contribution in [0.3, 0.4) is 0 Å². The van der Waals surface area contributed by atoms with E-state index in [-0.39, 0.29) is 30.6 Å². The van der Waals surface area contributed by atoms with Crippen molar-refractivity contribution in [2.45, 2.75) is 25.7 Å². The highest BCUT2D eigenvalue weighted by Crippen LogP contribution is 2.19. The lowest BCUT2D eigenvalue weighted by Gasteiger charge is -2.30. The summed E-state index contributed by atoms with van der Waals surface area (Å²) >= 11 is 0. The van der Waals surface area contributed by atoms with Crippen LogP contribution in [0.2, 0.25) is 0 Å². The van der Waals surface area contributed by atoms with Crippen molar-refractivity contribution in [2.75, 3.05) is 13.1 Å². The smallest absolute Gasteiger partial charge is 0.306 e. The Kier molecular flexibility index (Phi) is 4.64. The molecule has 2 aromatic rings. The molecule has 1 N–H and O–H groups in total. The summed E-state index contributed by atoms with van der Waals surface area (Å²) in [5.74, 6) is -1.34. The number of hydrogen-bond donors (Lipinski definition) is 1. The van der Waals surface area contributed by atoms with E-state index >= 15 is 0 Å². The zero-order chi connectivity index (χ0) is 17.1. The molecule has 1 amide bonds. The fraction of sp³-hybridized carbons (Fsp3) is 0.389. The number of fused-ring (bicyclic) bond motifs is 1. The fourth-order valence-corrected chi connectivity index (χ4v) is 3.17. The van der Waals surface area contributed by atoms with Crippen LogP contribution in [0, 0.1) is 5.92 Å². The van der Waals surface area contributed by atoms with Gasteiger partial charge in [0.05, 0.1) is 11.4 Å². The van der Waals surface area contributed by atoms with E-state index in [1.807, 2.05) is 30.3 Å². The summed E-state index contributed by atoms with van der Waals surface area (Å²) < 4.78 is 1.58. The molecule has 0 saturated carbocycles. The lowest BCUT2D eigenvalue weighted by molar-refractivity contribution is -0.145. The Morgan fingerprint density at radius 3 is 2.38 bits per heavy atom. The van der Waals surface area contributed by atoms with Gasteiger partial charge in [-0.2, -0.15) is 0 Å². The molecule has 0 spiro atoms. The number of carboxylic acid groups (broad SMARTS) is 1. The molecule has 1 fully saturated rings. The molecule has 0 radical (unpaired) electrons. The highest BCUT2D eigenvalue weighted by atomic mass is 16.4. The Hall–Kier alpha value is -2.63. The third kappa shape index (κ3) is 3.32. The van der Waals surface area contributed by atoms with E-state index in [1.165, 1.54) is 0 Å². The third-order valence-corrected chi connectivity index (χ3v) is 4.62. The van der Waals surface area contributed by atoms with Crippen LogP contribution in [0.25, 0.3) is 10.9 Å². The lowest BCUT2D eigenvalue weighted by atomic mass is 9.97. The summed E-state index contributed by atoms with van der Waals surface area (Å²) in [4.78, 5) is 37.2. The standard InChI is InChI=1S/C18H20N2O4/c21-16(19-10-7-14(8-11-19)18(23)24)5-6-17(22)20-12-9-13-3-1-2-4-15(13)20/h1-4,9,12,14H,5-8,10-11H2,(H,23,24). The molecule has 6 heteroatoms. The summed E-state index contributed by atoms with van der Waals surface area (Å²) in [6.45, 7) is 0.910. The molecule has 1 aromatic carbocycles. The number of para-hydroxylation sites is 1. The first kappa shape index (κ1) is 16.2. The van der Waals surface area contributed by atoms with E-state index in [0.29, 0.717) is 25.9 Å². The van der Waals surface area contributed by atoms with E-state index in [1.54, 1.807) is 15.7 Å². The molecule has 1 aromatic heterocycles. The van der Waals surface area contributed by atoms with Crippen LogP contribution in [0.1, 0.15) is 30.5 Å². The number of aliphatic carboxylic acids is 1. The summed E-state index contributed by atoms with van der Waals surface area (Å²) in [5.41, 5.74) is 0.845. The van der Waals surface area contributed by atoms with Gasteiger partial charge >= 0.3 is 5.97 Å². The maximum atomic E-state index is 12.4. The quantitative estimate of drug-likeness (QED) is 0.934. The number of benzene rings is 1. The zero-order valence-electron chi connectivity index (χ0n) is 13.4. The minimum absolute atomic E-state index is 0.0800. The molecule has 0 aliphatic carbocycles. The second-order valence-electron chi connectivity index (χ2n) is 6.13. The first-order valence-corrected chi connectivity index (χ1v) is 8.16. The highest BCUT2D eigenvalue weighted by molar-refractivity contribution is 5.94. The van der Waals surface area contributed by atoms with E-state index < -0.39 is 5.97 Å². The SMILES string of the molecule is O=C(O)C1CCN(C(=O)CCC(=O)n2ccc3ccccc32)CC1. The van der Waals surface area contributed by atoms with Gasteiger partial charge in [-0.3, -0.25) is 19.0 Å². The number of likely N-dealkylation sites (tertiary alicyclic amines) is 1. The van der Waals surface area contributed by atoms with E-state index in [9.17, 15) is 14.4 Å². The highest BCUT2D eigenvalue weighted by Gasteiger charge is 2.27. The van der Waals surface area contributed by atoms with Gasteiger partial charge in [0.1, 0.15) is 0 Å². The topological polar surface area (TPSA) is 79.6 Å². The number of nitrogens with zero attached hydrogens (tertiary/aromatic N) is 2. The number of carboxylic acids is 1. The number of carbonyl (C=O) groups excluding carboxylic acids is 2. The van der Waals surface area contributed by atoms with E-state index in [0.717, 1.165) is 10.9 Å². The van der Waals surface area contributed by atoms with Gasteiger partial charge < -0.3 is 10.0 Å². The van der Waals surface area contributed by atoms with Crippen molar-refractivity contribution in [3.05, 3.63) is 36.5 Å². The van der Waals surface area contributed by atoms with E-state index in [4.69, 9.17) is 5.11 Å². The van der Waals surface area contributed by atoms with Gasteiger partial charge in [-0.05, 0) is 25.0 Å². The fourth-order valence-electron chi connectivity index (χ4n) is 3.17. The number of amides is 1. The maximum Gasteiger partial charge on any atom is 0.306 e. The van der Waals surface area contributed by atoms with Gasteiger partial charge in [-0.1, -0.05) is 18.2 Å². The van der Waals surface area contributed by atoms with Crippen LogP contribution in [-0.4, -0.2) is 45.4 Å². The number of piperidine rings is 1. The summed E-state index contributed by atoms with van der Waals surface area (Å²) in [7, 11) is 0. The van der Waals surface area contributed by atoms with Crippen LogP contribution in [-0.2, 0) is 9.59 Å². The molecule has 6 nitrogen and oxygen atoms in total. The van der Waals surface area contributed by atoms with Crippen molar-refractivity contribution in [3.8, 4) is 0 Å². The third-order valence-electron chi connectivity index (χ3n) is 4.62. The molecule has 3 rings (SSSR count). The number of aromatic nitrogens is 1. The average molecular weight is 328 g/mol. The normalized spacial score (nSPS) is 15.6. The van der Waals surface area contributed by atoms with E-state index in [2.05, 4.69) is 0 Å². The number of rotatable bonds is 4. The first-order chi connectivity index (χ1) is 11.6. The Bertz CT molecular complexity index is 772. The van der Waals surface area contributed by atoms with Crippen molar-refractivity contribution >= 4 is 28.7 Å². The van der Waals surface area contributed by atoms with Gasteiger partial charge in [0.25, 0.3) is 0 Å². The van der Waals surface area contributed by atoms with Crippen molar-refractivity contribution < 1.29 is 19.5 Å². The van der Waals surface area contributed by atoms with Crippen LogP contribution < -0.4 is 0 Å². The van der Waals surface area contributed by atoms with Gasteiger partial charge in [-0.15, -0.1) is 0 Å². The second-order valence-corrected chi connectivity index (χ2v) is 6.13. The number of hydrogen-bond acceptors (Lipinski definition) is 3. The minimum atomic E-state index is -0.795. The molecule has 0 bridgehead atoms. The molecule has 1 aliphatic rings. The average Bonchev–Trinajstić information content (AvgIpc) is 3.03. The molecular weight excluding hydrogens is 308 g/mol. The summed E-state index contributed by atoms with van der Waals surface area (Å²) in [6.07, 6.45) is 3.00. The van der Waals surface area contributed by atoms with Crippen molar-refractivity contribution in [2.24, 2.45) is 5.92 Å². The Morgan fingerprint density at radius 1 is 1.00 bits per heavy atom. The second kappa shape index (κ2) is 6.86. The van der Waals surface area contributed by atoms with Crippen LogP contribution in [0.5, 0.6) is 0 Å². The molecule has 24 heavy (non-hydrogen) atoms. The zero-order valence-corrected chi connectivity index (χ0v) is 13.4. The van der Waals surface area contributed by atoms with Crippen LogP contribution >= 0.6 is 0 Å². The molecule has 126 valence electrons. The Labute approximate surface area is 139 Å². The van der Waals surface area contributed by atoms with Gasteiger partial charge in [0.2, 0.25) is 11.8 Å².